The van der Waals surface area contributed by atoms with E-state index in [1.54, 1.807) is 0 Å². The molecule has 1 aliphatic rings. The highest BCUT2D eigenvalue weighted by Gasteiger charge is 2.39. The normalized spacial score (nSPS) is 22.9. The molecular formula is C13H14BClN2O. The third-order valence-electron chi connectivity index (χ3n) is 4.07. The number of nitrogens with two attached hydrogens (primary N) is 1. The zero-order valence-corrected chi connectivity index (χ0v) is 11.0. The number of nitrogens with one attached hydrogen (secondary N) is 1. The number of aromatic amines is 1. The highest BCUT2D eigenvalue weighted by Crippen LogP contribution is 2.39. The second-order valence-corrected chi connectivity index (χ2v) is 5.65. The summed E-state index contributed by atoms with van der Waals surface area (Å²) in [4.78, 5) is 15.1. The van der Waals surface area contributed by atoms with Crippen molar-refractivity contribution in [3.05, 3.63) is 34.5 Å². The van der Waals surface area contributed by atoms with Crippen LogP contribution in [0.1, 0.15) is 24.1 Å². The van der Waals surface area contributed by atoms with Crippen molar-refractivity contribution in [2.45, 2.75) is 24.6 Å². The number of fused-ring (bicyclic) bond motifs is 3. The Balaban J connectivity index is 2.31. The highest BCUT2D eigenvalue weighted by atomic mass is 35.5. The maximum atomic E-state index is 11.8. The molecule has 1 heterocycles. The standard InChI is InChI=1S/C13H14BClN2O/c14-13(12(16)18)5-1-2-8-9-6-7(15)3-4-10(9)17-11(8)13/h3-4,6,17H,1-2,5,14H2,(H2,16,18)/t13-/m0/s1. The van der Waals surface area contributed by atoms with Gasteiger partial charge >= 0.3 is 0 Å². The minimum atomic E-state index is -0.584. The van der Waals surface area contributed by atoms with Crippen LogP contribution >= 0.6 is 11.6 Å². The van der Waals surface area contributed by atoms with Crippen LogP contribution in [0, 0.1) is 0 Å². The molecule has 3 N–H and O–H groups in total. The fourth-order valence-electron chi connectivity index (χ4n) is 2.94. The Morgan fingerprint density at radius 2 is 2.28 bits per heavy atom. The first-order valence-corrected chi connectivity index (χ1v) is 6.50. The van der Waals surface area contributed by atoms with E-state index in [-0.39, 0.29) is 5.91 Å². The summed E-state index contributed by atoms with van der Waals surface area (Å²) in [6.07, 6.45) is 2.75. The van der Waals surface area contributed by atoms with E-state index in [0.717, 1.165) is 40.9 Å². The molecule has 1 aliphatic carbocycles. The Kier molecular flexibility index (Phi) is 2.45. The Hall–Kier alpha value is -1.42. The average Bonchev–Trinajstić information content (AvgIpc) is 2.69. The Morgan fingerprint density at radius 3 is 3.00 bits per heavy atom. The molecule has 3 rings (SSSR count). The van der Waals surface area contributed by atoms with Gasteiger partial charge in [-0.15, -0.1) is 0 Å². The number of hydrogen-bond acceptors (Lipinski definition) is 1. The topological polar surface area (TPSA) is 58.9 Å². The van der Waals surface area contributed by atoms with Gasteiger partial charge in [0, 0.05) is 21.6 Å². The van der Waals surface area contributed by atoms with E-state index in [0.29, 0.717) is 0 Å². The lowest BCUT2D eigenvalue weighted by Gasteiger charge is -2.30. The molecule has 92 valence electrons. The van der Waals surface area contributed by atoms with Crippen molar-refractivity contribution in [1.82, 2.24) is 4.98 Å². The maximum absolute atomic E-state index is 11.8. The van der Waals surface area contributed by atoms with Crippen LogP contribution in [-0.2, 0) is 16.5 Å². The van der Waals surface area contributed by atoms with Crippen LogP contribution in [0.4, 0.5) is 0 Å². The summed E-state index contributed by atoms with van der Waals surface area (Å²) in [6.45, 7) is 0. The molecule has 3 nitrogen and oxygen atoms in total. The van der Waals surface area contributed by atoms with Crippen molar-refractivity contribution in [1.29, 1.82) is 0 Å². The molecule has 0 saturated carbocycles. The number of carbonyl (C=O) groups excluding carboxylic acids is 1. The van der Waals surface area contributed by atoms with Gasteiger partial charge in [-0.1, -0.05) is 11.6 Å². The van der Waals surface area contributed by atoms with Crippen LogP contribution < -0.4 is 5.73 Å². The summed E-state index contributed by atoms with van der Waals surface area (Å²) in [5.74, 6) is -0.263. The zero-order valence-electron chi connectivity index (χ0n) is 10.2. The van der Waals surface area contributed by atoms with Crippen LogP contribution in [0.25, 0.3) is 10.9 Å². The van der Waals surface area contributed by atoms with Gasteiger partial charge in [-0.2, -0.15) is 0 Å². The van der Waals surface area contributed by atoms with Crippen LogP contribution in [0.2, 0.25) is 5.02 Å². The number of halogens is 1. The minimum Gasteiger partial charge on any atom is -0.369 e. The second kappa shape index (κ2) is 3.79. The van der Waals surface area contributed by atoms with Gasteiger partial charge in [0.2, 0.25) is 5.91 Å². The van der Waals surface area contributed by atoms with Crippen molar-refractivity contribution < 1.29 is 4.79 Å². The average molecular weight is 261 g/mol. The smallest absolute Gasteiger partial charge is 0.221 e. The molecule has 0 unspecified atom stereocenters. The van der Waals surface area contributed by atoms with Crippen molar-refractivity contribution in [2.75, 3.05) is 0 Å². The van der Waals surface area contributed by atoms with Gasteiger partial charge in [0.25, 0.3) is 0 Å². The fraction of sp³-hybridized carbons (Fsp3) is 0.308. The SMILES string of the molecule is B[C@@]1(C(N)=O)CCCc2c1[nH]c1ccc(Cl)cc21. The molecule has 0 radical (unpaired) electrons. The molecule has 1 aromatic carbocycles. The van der Waals surface area contributed by atoms with Gasteiger partial charge in [-0.25, -0.2) is 0 Å². The summed E-state index contributed by atoms with van der Waals surface area (Å²) in [7, 11) is 1.92. The second-order valence-electron chi connectivity index (χ2n) is 5.22. The van der Waals surface area contributed by atoms with Crippen molar-refractivity contribution in [3.8, 4) is 0 Å². The summed E-state index contributed by atoms with van der Waals surface area (Å²) in [5, 5.41) is 1.25. The lowest BCUT2D eigenvalue weighted by Crippen LogP contribution is -2.44. The quantitative estimate of drug-likeness (QED) is 0.750. The number of carbonyl (C=O) groups is 1. The van der Waals surface area contributed by atoms with Crippen LogP contribution in [-0.4, -0.2) is 18.7 Å². The molecule has 0 fully saturated rings. The number of aromatic nitrogens is 1. The molecule has 0 spiro atoms. The van der Waals surface area contributed by atoms with Gasteiger partial charge in [0.1, 0.15) is 7.85 Å². The molecule has 1 amide bonds. The summed E-state index contributed by atoms with van der Waals surface area (Å²) < 4.78 is 0. The molecular weight excluding hydrogens is 246 g/mol. The Bertz CT molecular complexity index is 652. The lowest BCUT2D eigenvalue weighted by atomic mass is 9.59. The zero-order chi connectivity index (χ0) is 12.9. The summed E-state index contributed by atoms with van der Waals surface area (Å²) >= 11 is 6.05. The number of H-pyrrole nitrogens is 1. The minimum absolute atomic E-state index is 0.263. The van der Waals surface area contributed by atoms with E-state index in [1.165, 1.54) is 5.56 Å². The van der Waals surface area contributed by atoms with Gasteiger partial charge in [0.05, 0.1) is 5.31 Å². The third-order valence-corrected chi connectivity index (χ3v) is 4.30. The first-order chi connectivity index (χ1) is 8.52. The van der Waals surface area contributed by atoms with E-state index < -0.39 is 5.31 Å². The molecule has 0 saturated heterocycles. The monoisotopic (exact) mass is 260 g/mol. The number of rotatable bonds is 1. The van der Waals surface area contributed by atoms with Crippen LogP contribution in [0.3, 0.4) is 0 Å². The molecule has 5 heteroatoms. The Labute approximate surface area is 111 Å². The number of primary amides is 1. The van der Waals surface area contributed by atoms with E-state index in [1.807, 2.05) is 26.0 Å². The van der Waals surface area contributed by atoms with E-state index in [9.17, 15) is 4.79 Å². The van der Waals surface area contributed by atoms with E-state index in [2.05, 4.69) is 4.98 Å². The molecule has 0 aliphatic heterocycles. The first kappa shape index (κ1) is 11.7. The molecule has 2 aromatic rings. The van der Waals surface area contributed by atoms with Crippen LogP contribution in [0.5, 0.6) is 0 Å². The molecule has 0 bridgehead atoms. The largest absolute Gasteiger partial charge is 0.369 e. The fourth-order valence-corrected chi connectivity index (χ4v) is 3.11. The van der Waals surface area contributed by atoms with Gasteiger partial charge in [0.15, 0.2) is 0 Å². The molecule has 18 heavy (non-hydrogen) atoms. The van der Waals surface area contributed by atoms with Gasteiger partial charge in [-0.3, -0.25) is 4.79 Å². The highest BCUT2D eigenvalue weighted by molar-refractivity contribution is 6.31. The van der Waals surface area contributed by atoms with Gasteiger partial charge < -0.3 is 10.7 Å². The summed E-state index contributed by atoms with van der Waals surface area (Å²) in [6, 6.07) is 5.77. The maximum Gasteiger partial charge on any atom is 0.221 e. The van der Waals surface area contributed by atoms with Crippen molar-refractivity contribution in [3.63, 3.8) is 0 Å². The van der Waals surface area contributed by atoms with E-state index >= 15 is 0 Å². The predicted octanol–water partition coefficient (Wildman–Crippen LogP) is 1.47. The van der Waals surface area contributed by atoms with Crippen LogP contribution in [0.15, 0.2) is 18.2 Å². The number of aryl methyl sites for hydroxylation is 1. The first-order valence-electron chi connectivity index (χ1n) is 6.13. The number of hydrogen-bond donors (Lipinski definition) is 2. The van der Waals surface area contributed by atoms with Gasteiger partial charge in [-0.05, 0) is 43.0 Å². The Morgan fingerprint density at radius 1 is 1.50 bits per heavy atom. The summed E-state index contributed by atoms with van der Waals surface area (Å²) in [5.41, 5.74) is 8.77. The van der Waals surface area contributed by atoms with Crippen molar-refractivity contribution in [2.24, 2.45) is 5.73 Å². The molecule has 1 aromatic heterocycles. The number of amides is 1. The lowest BCUT2D eigenvalue weighted by molar-refractivity contribution is -0.121. The number of benzene rings is 1. The molecule has 1 atom stereocenters. The predicted molar refractivity (Wildman–Crippen MR) is 75.7 cm³/mol. The van der Waals surface area contributed by atoms with E-state index in [4.69, 9.17) is 17.3 Å². The van der Waals surface area contributed by atoms with Crippen molar-refractivity contribution >= 4 is 36.3 Å². The third kappa shape index (κ3) is 1.48.